The number of halogens is 4. The van der Waals surface area contributed by atoms with Crippen LogP contribution in [0, 0.1) is 6.92 Å². The molecule has 7 nitrogen and oxygen atoms in total. The summed E-state index contributed by atoms with van der Waals surface area (Å²) in [6.45, 7) is 1.14. The molecule has 0 spiro atoms. The molecule has 2 amide bonds. The van der Waals surface area contributed by atoms with Crippen molar-refractivity contribution in [1.29, 1.82) is 0 Å². The van der Waals surface area contributed by atoms with E-state index in [2.05, 4.69) is 10.3 Å². The zero-order valence-corrected chi connectivity index (χ0v) is 20.2. The third kappa shape index (κ3) is 6.50. The second-order valence-electron chi connectivity index (χ2n) is 7.50. The van der Waals surface area contributed by atoms with Crippen LogP contribution in [-0.2, 0) is 11.4 Å². The molecular weight excluding hydrogens is 507 g/mol. The number of benzene rings is 1. The van der Waals surface area contributed by atoms with Gasteiger partial charge in [-0.3, -0.25) is 9.59 Å². The van der Waals surface area contributed by atoms with Gasteiger partial charge < -0.3 is 20.1 Å². The summed E-state index contributed by atoms with van der Waals surface area (Å²) in [4.78, 5) is 29.2. The number of hydrogen-bond donors (Lipinski definition) is 2. The Kier molecular flexibility index (Phi) is 8.36. The molecule has 3 rings (SSSR count). The molecule has 2 heterocycles. The van der Waals surface area contributed by atoms with Gasteiger partial charge in [0.1, 0.15) is 16.5 Å². The van der Waals surface area contributed by atoms with E-state index >= 15 is 0 Å². The summed E-state index contributed by atoms with van der Waals surface area (Å²) in [6, 6.07) is 10.6. The predicted octanol–water partition coefficient (Wildman–Crippen LogP) is 4.60. The fourth-order valence-corrected chi connectivity index (χ4v) is 4.32. The minimum absolute atomic E-state index is 0.0141. The molecular formula is C23H21ClF3N3O4S. The number of aliphatic hydroxyl groups is 1. The maximum atomic E-state index is 12.8. The maximum absolute atomic E-state index is 12.8. The average Bonchev–Trinajstić information content (AvgIpc) is 3.26. The van der Waals surface area contributed by atoms with Gasteiger partial charge in [0, 0.05) is 23.7 Å². The number of aryl methyl sites for hydroxylation is 1. The summed E-state index contributed by atoms with van der Waals surface area (Å²) in [5, 5.41) is 12.0. The molecule has 0 aliphatic rings. The number of carbonyl (C=O) groups is 2. The first-order valence-corrected chi connectivity index (χ1v) is 11.4. The monoisotopic (exact) mass is 527 g/mol. The number of amides is 2. The van der Waals surface area contributed by atoms with Crippen LogP contribution in [-0.4, -0.2) is 48.3 Å². The van der Waals surface area contributed by atoms with Crippen molar-refractivity contribution in [2.24, 2.45) is 0 Å². The van der Waals surface area contributed by atoms with E-state index in [9.17, 15) is 27.9 Å². The fourth-order valence-electron chi connectivity index (χ4n) is 3.00. The highest BCUT2D eigenvalue weighted by atomic mass is 35.5. The molecule has 186 valence electrons. The fraction of sp³-hybridized carbons (Fsp3) is 0.261. The SMILES string of the molecule is CNC(=O)c1sc(-c2cnc(OCc3ccc(C)cc3)c(Cl)c2)cc1N(C=O)CC(O)C(F)(F)F. The first-order valence-electron chi connectivity index (χ1n) is 10.2. The lowest BCUT2D eigenvalue weighted by Crippen LogP contribution is -2.41. The Morgan fingerprint density at radius 2 is 2.00 bits per heavy atom. The van der Waals surface area contributed by atoms with Gasteiger partial charge >= 0.3 is 6.18 Å². The number of alkyl halides is 3. The Bertz CT molecular complexity index is 1200. The van der Waals surface area contributed by atoms with Crippen molar-refractivity contribution in [3.8, 4) is 16.3 Å². The number of rotatable bonds is 9. The van der Waals surface area contributed by atoms with E-state index in [1.807, 2.05) is 31.2 Å². The molecule has 1 atom stereocenters. The number of ether oxygens (including phenoxy) is 1. The quantitative estimate of drug-likeness (QED) is 0.397. The highest BCUT2D eigenvalue weighted by molar-refractivity contribution is 7.18. The smallest absolute Gasteiger partial charge is 0.416 e. The van der Waals surface area contributed by atoms with Crippen LogP contribution in [0.15, 0.2) is 42.6 Å². The van der Waals surface area contributed by atoms with Crippen molar-refractivity contribution in [1.82, 2.24) is 10.3 Å². The standard InChI is InChI=1S/C23H21ClF3N3O4S/c1-13-3-5-14(6-4-13)11-34-22-16(24)7-15(9-29-22)18-8-17(20(35-18)21(33)28-2)30(12-31)10-19(32)23(25,26)27/h3-9,12,19,32H,10-11H2,1-2H3,(H,28,33). The molecule has 0 bridgehead atoms. The van der Waals surface area contributed by atoms with Gasteiger partial charge in [0.15, 0.2) is 6.10 Å². The summed E-state index contributed by atoms with van der Waals surface area (Å²) in [5.74, 6) is -0.427. The molecule has 0 aliphatic carbocycles. The molecule has 1 aromatic carbocycles. The Morgan fingerprint density at radius 3 is 2.57 bits per heavy atom. The normalized spacial score (nSPS) is 12.2. The van der Waals surface area contributed by atoms with Gasteiger partial charge in [0.05, 0.1) is 12.2 Å². The van der Waals surface area contributed by atoms with Crippen LogP contribution >= 0.6 is 22.9 Å². The molecule has 2 N–H and O–H groups in total. The highest BCUT2D eigenvalue weighted by Crippen LogP contribution is 2.39. The summed E-state index contributed by atoms with van der Waals surface area (Å²) < 4.78 is 44.1. The number of pyridine rings is 1. The van der Waals surface area contributed by atoms with E-state index in [1.165, 1.54) is 25.4 Å². The van der Waals surface area contributed by atoms with Crippen LogP contribution in [0.3, 0.4) is 0 Å². The number of thiophene rings is 1. The maximum Gasteiger partial charge on any atom is 0.416 e. The Hall–Kier alpha value is -3.15. The van der Waals surface area contributed by atoms with E-state index in [0.29, 0.717) is 15.3 Å². The van der Waals surface area contributed by atoms with Crippen LogP contribution in [0.1, 0.15) is 20.8 Å². The van der Waals surface area contributed by atoms with Crippen molar-refractivity contribution >= 4 is 40.9 Å². The number of nitrogens with zero attached hydrogens (tertiary/aromatic N) is 2. The third-order valence-corrected chi connectivity index (χ3v) is 6.36. The van der Waals surface area contributed by atoms with Gasteiger partial charge in [-0.2, -0.15) is 13.2 Å². The second-order valence-corrected chi connectivity index (χ2v) is 8.96. The van der Waals surface area contributed by atoms with Crippen LogP contribution in [0.5, 0.6) is 5.88 Å². The van der Waals surface area contributed by atoms with Crippen LogP contribution in [0.2, 0.25) is 5.02 Å². The van der Waals surface area contributed by atoms with Gasteiger partial charge in [0.2, 0.25) is 12.3 Å². The van der Waals surface area contributed by atoms with Gasteiger partial charge in [-0.15, -0.1) is 11.3 Å². The highest BCUT2D eigenvalue weighted by Gasteiger charge is 2.40. The van der Waals surface area contributed by atoms with Gasteiger partial charge in [-0.05, 0) is 24.6 Å². The van der Waals surface area contributed by atoms with Crippen molar-refractivity contribution in [2.45, 2.75) is 25.8 Å². The number of hydrogen-bond acceptors (Lipinski definition) is 6. The Labute approximate surface area is 208 Å². The minimum atomic E-state index is -4.93. The average molecular weight is 528 g/mol. The molecule has 1 unspecified atom stereocenters. The molecule has 0 fully saturated rings. The lowest BCUT2D eigenvalue weighted by molar-refractivity contribution is -0.200. The molecule has 12 heteroatoms. The molecule has 2 aromatic heterocycles. The molecule has 3 aromatic rings. The van der Waals surface area contributed by atoms with Crippen molar-refractivity contribution in [3.63, 3.8) is 0 Å². The number of carbonyl (C=O) groups excluding carboxylic acids is 2. The van der Waals surface area contributed by atoms with E-state index < -0.39 is 24.7 Å². The van der Waals surface area contributed by atoms with E-state index in [0.717, 1.165) is 22.5 Å². The molecule has 0 saturated heterocycles. The molecule has 0 radical (unpaired) electrons. The topological polar surface area (TPSA) is 91.8 Å². The lowest BCUT2D eigenvalue weighted by atomic mass is 10.2. The number of nitrogens with one attached hydrogen (secondary N) is 1. The van der Waals surface area contributed by atoms with Crippen molar-refractivity contribution < 1.29 is 32.6 Å². The van der Waals surface area contributed by atoms with E-state index in [1.54, 1.807) is 0 Å². The van der Waals surface area contributed by atoms with E-state index in [-0.39, 0.29) is 34.5 Å². The minimum Gasteiger partial charge on any atom is -0.472 e. The first-order chi connectivity index (χ1) is 16.5. The van der Waals surface area contributed by atoms with E-state index in [4.69, 9.17) is 16.3 Å². The lowest BCUT2D eigenvalue weighted by Gasteiger charge is -2.22. The van der Waals surface area contributed by atoms with Gasteiger partial charge in [-0.1, -0.05) is 41.4 Å². The summed E-state index contributed by atoms with van der Waals surface area (Å²) in [5.41, 5.74) is 2.41. The largest absolute Gasteiger partial charge is 0.472 e. The van der Waals surface area contributed by atoms with Crippen LogP contribution in [0.4, 0.5) is 18.9 Å². The van der Waals surface area contributed by atoms with Gasteiger partial charge in [-0.25, -0.2) is 4.98 Å². The molecule has 0 aliphatic heterocycles. The first kappa shape index (κ1) is 26.5. The number of aliphatic hydroxyl groups excluding tert-OH is 1. The third-order valence-electron chi connectivity index (χ3n) is 4.92. The summed E-state index contributed by atoms with van der Waals surface area (Å²) >= 11 is 7.26. The van der Waals surface area contributed by atoms with Crippen molar-refractivity contribution in [2.75, 3.05) is 18.5 Å². The molecule has 35 heavy (non-hydrogen) atoms. The van der Waals surface area contributed by atoms with Gasteiger partial charge in [0.25, 0.3) is 5.91 Å². The summed E-state index contributed by atoms with van der Waals surface area (Å²) in [7, 11) is 1.35. The second kappa shape index (κ2) is 11.1. The number of aromatic nitrogens is 1. The zero-order chi connectivity index (χ0) is 25.8. The Morgan fingerprint density at radius 1 is 1.31 bits per heavy atom. The molecule has 0 saturated carbocycles. The predicted molar refractivity (Wildman–Crippen MR) is 127 cm³/mol. The van der Waals surface area contributed by atoms with Crippen LogP contribution < -0.4 is 15.0 Å². The number of anilines is 1. The summed E-state index contributed by atoms with van der Waals surface area (Å²) in [6.07, 6.45) is -6.15. The van der Waals surface area contributed by atoms with Crippen LogP contribution in [0.25, 0.3) is 10.4 Å². The zero-order valence-electron chi connectivity index (χ0n) is 18.6. The Balaban J connectivity index is 1.87. The van der Waals surface area contributed by atoms with Crippen molar-refractivity contribution in [3.05, 3.63) is 63.6 Å².